The van der Waals surface area contributed by atoms with Crippen LogP contribution in [0, 0.1) is 0 Å². The average molecular weight is 293 g/mol. The van der Waals surface area contributed by atoms with Crippen molar-refractivity contribution in [1.29, 1.82) is 0 Å². The highest BCUT2D eigenvalue weighted by Gasteiger charge is 2.09. The van der Waals surface area contributed by atoms with E-state index in [4.69, 9.17) is 5.11 Å². The molecule has 4 heteroatoms. The molecule has 110 valence electrons. The van der Waals surface area contributed by atoms with Gasteiger partial charge in [-0.2, -0.15) is 11.8 Å². The van der Waals surface area contributed by atoms with Gasteiger partial charge in [0.15, 0.2) is 0 Å². The van der Waals surface area contributed by atoms with Crippen LogP contribution >= 0.6 is 11.8 Å². The van der Waals surface area contributed by atoms with Gasteiger partial charge in [0.25, 0.3) is 0 Å². The summed E-state index contributed by atoms with van der Waals surface area (Å²) >= 11 is 1.87. The van der Waals surface area contributed by atoms with Crippen molar-refractivity contribution in [2.24, 2.45) is 0 Å². The Morgan fingerprint density at radius 2 is 2.25 bits per heavy atom. The molecule has 1 N–H and O–H groups in total. The van der Waals surface area contributed by atoms with Crippen LogP contribution in [0.5, 0.6) is 0 Å². The van der Waals surface area contributed by atoms with Crippen molar-refractivity contribution < 1.29 is 9.90 Å². The summed E-state index contributed by atoms with van der Waals surface area (Å²) in [6, 6.07) is 8.55. The Morgan fingerprint density at radius 3 is 2.90 bits per heavy atom. The van der Waals surface area contributed by atoms with E-state index >= 15 is 0 Å². The molecule has 0 fully saturated rings. The fourth-order valence-electron chi connectivity index (χ4n) is 1.92. The topological polar surface area (TPSA) is 40.5 Å². The number of carboxylic acid groups (broad SMARTS) is 1. The first-order valence-corrected chi connectivity index (χ1v) is 8.11. The molecule has 0 amide bonds. The van der Waals surface area contributed by atoms with E-state index in [9.17, 15) is 4.79 Å². The zero-order valence-corrected chi connectivity index (χ0v) is 13.2. The van der Waals surface area contributed by atoms with Gasteiger partial charge in [0.05, 0.1) is 0 Å². The van der Waals surface area contributed by atoms with Crippen LogP contribution in [0.1, 0.15) is 24.5 Å². The normalized spacial score (nSPS) is 13.0. The molecular weight excluding hydrogens is 270 g/mol. The smallest absolute Gasteiger partial charge is 0.328 e. The van der Waals surface area contributed by atoms with Gasteiger partial charge in [-0.05, 0) is 49.6 Å². The number of hydrogen-bond donors (Lipinski definition) is 1. The summed E-state index contributed by atoms with van der Waals surface area (Å²) in [6.07, 6.45) is 6.11. The lowest BCUT2D eigenvalue weighted by molar-refractivity contribution is -0.131. The van der Waals surface area contributed by atoms with Crippen LogP contribution in [-0.2, 0) is 11.3 Å². The minimum atomic E-state index is -0.918. The molecule has 0 bridgehead atoms. The van der Waals surface area contributed by atoms with E-state index in [1.165, 1.54) is 23.8 Å². The van der Waals surface area contributed by atoms with E-state index in [-0.39, 0.29) is 0 Å². The van der Waals surface area contributed by atoms with E-state index in [0.29, 0.717) is 6.04 Å². The Bertz CT molecular complexity index is 460. The molecule has 0 aliphatic heterocycles. The Kier molecular flexibility index (Phi) is 7.41. The van der Waals surface area contributed by atoms with Gasteiger partial charge in [0.2, 0.25) is 0 Å². The van der Waals surface area contributed by atoms with Crippen molar-refractivity contribution in [3.8, 4) is 0 Å². The Hall–Kier alpha value is -1.26. The Balaban J connectivity index is 2.63. The second-order valence-corrected chi connectivity index (χ2v) is 5.95. The van der Waals surface area contributed by atoms with Gasteiger partial charge in [-0.25, -0.2) is 4.79 Å². The maximum Gasteiger partial charge on any atom is 0.328 e. The third-order valence-electron chi connectivity index (χ3n) is 3.29. The van der Waals surface area contributed by atoms with Crippen LogP contribution in [0.3, 0.4) is 0 Å². The molecule has 0 heterocycles. The number of aliphatic carboxylic acids is 1. The van der Waals surface area contributed by atoms with Crippen molar-refractivity contribution in [3.63, 3.8) is 0 Å². The quantitative estimate of drug-likeness (QED) is 0.746. The molecule has 0 radical (unpaired) electrons. The summed E-state index contributed by atoms with van der Waals surface area (Å²) in [7, 11) is 2.13. The number of hydrogen-bond acceptors (Lipinski definition) is 3. The highest BCUT2D eigenvalue weighted by molar-refractivity contribution is 7.98. The lowest BCUT2D eigenvalue weighted by Crippen LogP contribution is -2.29. The summed E-state index contributed by atoms with van der Waals surface area (Å²) in [6.45, 7) is 3.12. The Labute approximate surface area is 125 Å². The molecule has 0 aliphatic carbocycles. The number of thioether (sulfide) groups is 1. The van der Waals surface area contributed by atoms with Gasteiger partial charge >= 0.3 is 5.97 Å². The van der Waals surface area contributed by atoms with Gasteiger partial charge < -0.3 is 5.11 Å². The number of nitrogens with zero attached hydrogens (tertiary/aromatic N) is 1. The summed E-state index contributed by atoms with van der Waals surface area (Å²) in [4.78, 5) is 12.9. The van der Waals surface area contributed by atoms with Crippen LogP contribution in [-0.4, -0.2) is 41.1 Å². The largest absolute Gasteiger partial charge is 0.478 e. The first-order valence-electron chi connectivity index (χ1n) is 6.72. The second kappa shape index (κ2) is 8.82. The predicted molar refractivity (Wildman–Crippen MR) is 87.0 cm³/mol. The summed E-state index contributed by atoms with van der Waals surface area (Å²) in [5.41, 5.74) is 2.13. The average Bonchev–Trinajstić information content (AvgIpc) is 2.42. The van der Waals surface area contributed by atoms with Crippen LogP contribution in [0.15, 0.2) is 30.3 Å². The van der Waals surface area contributed by atoms with E-state index in [1.54, 1.807) is 6.08 Å². The molecule has 0 saturated carbocycles. The van der Waals surface area contributed by atoms with Gasteiger partial charge in [-0.15, -0.1) is 0 Å². The molecule has 3 nitrogen and oxygen atoms in total. The SMILES string of the molecule is CSCCC(C)N(C)Cc1cccc(/C=C/C(=O)O)c1. The molecule has 0 saturated heterocycles. The molecule has 1 rings (SSSR count). The second-order valence-electron chi connectivity index (χ2n) is 4.96. The molecule has 20 heavy (non-hydrogen) atoms. The van der Waals surface area contributed by atoms with E-state index in [0.717, 1.165) is 12.1 Å². The van der Waals surface area contributed by atoms with Crippen LogP contribution < -0.4 is 0 Å². The number of benzene rings is 1. The summed E-state index contributed by atoms with van der Waals surface area (Å²) < 4.78 is 0. The minimum absolute atomic E-state index is 0.542. The summed E-state index contributed by atoms with van der Waals surface area (Å²) in [5.74, 6) is 0.255. The van der Waals surface area contributed by atoms with Crippen molar-refractivity contribution in [1.82, 2.24) is 4.90 Å². The molecule has 1 atom stereocenters. The number of carboxylic acids is 1. The van der Waals surface area contributed by atoms with Crippen LogP contribution in [0.2, 0.25) is 0 Å². The molecule has 1 aromatic rings. The van der Waals surface area contributed by atoms with Crippen LogP contribution in [0.4, 0.5) is 0 Å². The zero-order valence-electron chi connectivity index (χ0n) is 12.4. The maximum atomic E-state index is 10.5. The third kappa shape index (κ3) is 6.26. The van der Waals surface area contributed by atoms with Crippen molar-refractivity contribution >= 4 is 23.8 Å². The van der Waals surface area contributed by atoms with Gasteiger partial charge in [0.1, 0.15) is 0 Å². The first kappa shape index (κ1) is 16.8. The molecule has 1 unspecified atom stereocenters. The predicted octanol–water partition coefficient (Wildman–Crippen LogP) is 3.36. The van der Waals surface area contributed by atoms with E-state index in [1.807, 2.05) is 30.0 Å². The molecule has 1 aromatic carbocycles. The van der Waals surface area contributed by atoms with Gasteiger partial charge in [0, 0.05) is 18.7 Å². The molecule has 0 aliphatic rings. The standard InChI is InChI=1S/C16H23NO2S/c1-13(9-10-20-3)17(2)12-15-6-4-5-14(11-15)7-8-16(18)19/h4-8,11,13H,9-10,12H2,1-3H3,(H,18,19)/b8-7+. The highest BCUT2D eigenvalue weighted by Crippen LogP contribution is 2.13. The lowest BCUT2D eigenvalue weighted by Gasteiger charge is -2.24. The number of carbonyl (C=O) groups is 1. The zero-order chi connectivity index (χ0) is 15.0. The van der Waals surface area contributed by atoms with Crippen LogP contribution in [0.25, 0.3) is 6.08 Å². The van der Waals surface area contributed by atoms with Gasteiger partial charge in [-0.1, -0.05) is 24.3 Å². The number of rotatable bonds is 8. The summed E-state index contributed by atoms with van der Waals surface area (Å²) in [5, 5.41) is 8.65. The third-order valence-corrected chi connectivity index (χ3v) is 3.94. The lowest BCUT2D eigenvalue weighted by atomic mass is 10.1. The fraction of sp³-hybridized carbons (Fsp3) is 0.438. The monoisotopic (exact) mass is 293 g/mol. The van der Waals surface area contributed by atoms with E-state index in [2.05, 4.69) is 31.2 Å². The minimum Gasteiger partial charge on any atom is -0.478 e. The Morgan fingerprint density at radius 1 is 1.50 bits per heavy atom. The van der Waals surface area contributed by atoms with Crippen molar-refractivity contribution in [2.45, 2.75) is 25.9 Å². The van der Waals surface area contributed by atoms with Crippen molar-refractivity contribution in [3.05, 3.63) is 41.5 Å². The molecular formula is C16H23NO2S. The first-order chi connectivity index (χ1) is 9.52. The molecule has 0 spiro atoms. The highest BCUT2D eigenvalue weighted by atomic mass is 32.2. The van der Waals surface area contributed by atoms with E-state index < -0.39 is 5.97 Å². The van der Waals surface area contributed by atoms with Crippen molar-refractivity contribution in [2.75, 3.05) is 19.1 Å². The van der Waals surface area contributed by atoms with Gasteiger partial charge in [-0.3, -0.25) is 4.90 Å². The fourth-order valence-corrected chi connectivity index (χ4v) is 2.49. The molecule has 0 aromatic heterocycles. The maximum absolute atomic E-state index is 10.5.